The van der Waals surface area contributed by atoms with Gasteiger partial charge in [0.15, 0.2) is 0 Å². The van der Waals surface area contributed by atoms with Gasteiger partial charge in [-0.25, -0.2) is 9.37 Å². The summed E-state index contributed by atoms with van der Waals surface area (Å²) < 4.78 is 14.1. The zero-order valence-electron chi connectivity index (χ0n) is 11.3. The van der Waals surface area contributed by atoms with Gasteiger partial charge in [-0.05, 0) is 13.0 Å². The van der Waals surface area contributed by atoms with E-state index in [1.165, 1.54) is 17.4 Å². The lowest BCUT2D eigenvalue weighted by atomic mass is 9.79. The van der Waals surface area contributed by atoms with Crippen LogP contribution in [-0.2, 0) is 9.59 Å². The molecule has 1 fully saturated rings. The molecule has 21 heavy (non-hydrogen) atoms. The Morgan fingerprint density at radius 2 is 2.10 bits per heavy atom. The summed E-state index contributed by atoms with van der Waals surface area (Å²) in [5.41, 5.74) is 0.979. The van der Waals surface area contributed by atoms with Crippen LogP contribution < -0.4 is 5.32 Å². The summed E-state index contributed by atoms with van der Waals surface area (Å²) in [7, 11) is 0. The highest BCUT2D eigenvalue weighted by atomic mass is 32.1. The average molecular weight is 304 g/mol. The van der Waals surface area contributed by atoms with Crippen LogP contribution >= 0.6 is 11.3 Å². The number of rotatable bonds is 2. The van der Waals surface area contributed by atoms with Crippen LogP contribution in [-0.4, -0.2) is 16.8 Å². The van der Waals surface area contributed by atoms with Crippen LogP contribution in [0.1, 0.15) is 34.5 Å². The van der Waals surface area contributed by atoms with Gasteiger partial charge < -0.3 is 0 Å². The average Bonchev–Trinajstić information content (AvgIpc) is 2.86. The second-order valence-electron chi connectivity index (χ2n) is 5.01. The van der Waals surface area contributed by atoms with Gasteiger partial charge in [-0.1, -0.05) is 18.2 Å². The zero-order chi connectivity index (χ0) is 15.0. The quantitative estimate of drug-likeness (QED) is 0.867. The van der Waals surface area contributed by atoms with Crippen LogP contribution in [0.5, 0.6) is 0 Å². The van der Waals surface area contributed by atoms with Gasteiger partial charge in [0.25, 0.3) is 0 Å². The molecular formula is C15H13FN2O2S. The third-order valence-corrected chi connectivity index (χ3v) is 4.40. The first-order valence-corrected chi connectivity index (χ1v) is 7.44. The number of nitrogens with zero attached hydrogens (tertiary/aromatic N) is 1. The number of aromatic nitrogens is 1. The van der Waals surface area contributed by atoms with E-state index in [4.69, 9.17) is 0 Å². The molecule has 2 unspecified atom stereocenters. The lowest BCUT2D eigenvalue weighted by Crippen LogP contribution is -2.43. The van der Waals surface area contributed by atoms with E-state index in [0.29, 0.717) is 11.3 Å². The van der Waals surface area contributed by atoms with Crippen LogP contribution in [0.2, 0.25) is 0 Å². The van der Waals surface area contributed by atoms with Crippen molar-refractivity contribution in [2.45, 2.75) is 25.2 Å². The molecule has 108 valence electrons. The van der Waals surface area contributed by atoms with Crippen LogP contribution in [0.25, 0.3) is 0 Å². The molecule has 3 rings (SSSR count). The Balaban J connectivity index is 2.07. The minimum atomic E-state index is -0.731. The van der Waals surface area contributed by atoms with Crippen LogP contribution in [0, 0.1) is 12.7 Å². The van der Waals surface area contributed by atoms with Gasteiger partial charge in [0.05, 0.1) is 16.6 Å². The standard InChI is InChI=1S/C15H13FN2O2S/c1-8-17-12(7-21-8)10-6-13(19)18-15(20)14(10)9-4-2-3-5-11(9)16/h2-5,7,10,14H,6H2,1H3,(H,18,19,20). The number of benzene rings is 1. The molecule has 2 amide bonds. The predicted octanol–water partition coefficient (Wildman–Crippen LogP) is 2.50. The Bertz CT molecular complexity index is 713. The molecule has 2 heterocycles. The minimum Gasteiger partial charge on any atom is -0.296 e. The molecule has 2 atom stereocenters. The first-order chi connectivity index (χ1) is 10.1. The van der Waals surface area contributed by atoms with E-state index >= 15 is 0 Å². The fraction of sp³-hybridized carbons (Fsp3) is 0.267. The molecule has 0 spiro atoms. The van der Waals surface area contributed by atoms with Crippen molar-refractivity contribution in [3.05, 3.63) is 51.7 Å². The Kier molecular flexibility index (Phi) is 3.55. The number of amides is 2. The molecule has 0 bridgehead atoms. The van der Waals surface area contributed by atoms with Crippen LogP contribution in [0.4, 0.5) is 4.39 Å². The van der Waals surface area contributed by atoms with Crippen molar-refractivity contribution in [2.24, 2.45) is 0 Å². The molecule has 0 aliphatic carbocycles. The van der Waals surface area contributed by atoms with Gasteiger partial charge >= 0.3 is 0 Å². The Hall–Kier alpha value is -2.08. The number of imide groups is 1. The molecule has 1 N–H and O–H groups in total. The first-order valence-electron chi connectivity index (χ1n) is 6.56. The fourth-order valence-electron chi connectivity index (χ4n) is 2.68. The summed E-state index contributed by atoms with van der Waals surface area (Å²) in [6, 6.07) is 6.17. The normalized spacial score (nSPS) is 22.2. The molecule has 6 heteroatoms. The van der Waals surface area contributed by atoms with E-state index in [2.05, 4.69) is 10.3 Å². The van der Waals surface area contributed by atoms with Crippen molar-refractivity contribution in [2.75, 3.05) is 0 Å². The molecular weight excluding hydrogens is 291 g/mol. The number of aryl methyl sites for hydroxylation is 1. The van der Waals surface area contributed by atoms with Gasteiger partial charge in [-0.15, -0.1) is 11.3 Å². The third-order valence-electron chi connectivity index (χ3n) is 3.61. The molecule has 1 saturated heterocycles. The van der Waals surface area contributed by atoms with Crippen molar-refractivity contribution in [3.8, 4) is 0 Å². The fourth-order valence-corrected chi connectivity index (χ4v) is 3.35. The number of hydrogen-bond donors (Lipinski definition) is 1. The Morgan fingerprint density at radius 3 is 2.76 bits per heavy atom. The number of carbonyl (C=O) groups excluding carboxylic acids is 2. The number of thiazole rings is 1. The van der Waals surface area contributed by atoms with Crippen molar-refractivity contribution in [1.82, 2.24) is 10.3 Å². The lowest BCUT2D eigenvalue weighted by Gasteiger charge is -2.29. The van der Waals surface area contributed by atoms with Gasteiger partial charge in [-0.2, -0.15) is 0 Å². The highest BCUT2D eigenvalue weighted by Gasteiger charge is 2.40. The highest BCUT2D eigenvalue weighted by Crippen LogP contribution is 2.39. The second-order valence-corrected chi connectivity index (χ2v) is 6.08. The van der Waals surface area contributed by atoms with Crippen LogP contribution in [0.15, 0.2) is 29.6 Å². The summed E-state index contributed by atoms with van der Waals surface area (Å²) in [6.45, 7) is 1.86. The monoisotopic (exact) mass is 304 g/mol. The largest absolute Gasteiger partial charge is 0.296 e. The van der Waals surface area contributed by atoms with Crippen molar-refractivity contribution in [1.29, 1.82) is 0 Å². The number of carbonyl (C=O) groups is 2. The minimum absolute atomic E-state index is 0.133. The lowest BCUT2D eigenvalue weighted by molar-refractivity contribution is -0.135. The molecule has 1 aliphatic heterocycles. The van der Waals surface area contributed by atoms with Gasteiger partial charge in [0, 0.05) is 23.3 Å². The summed E-state index contributed by atoms with van der Waals surface area (Å²) in [5, 5.41) is 4.98. The molecule has 1 aromatic carbocycles. The number of nitrogens with one attached hydrogen (secondary N) is 1. The van der Waals surface area contributed by atoms with Crippen molar-refractivity contribution >= 4 is 23.2 Å². The maximum atomic E-state index is 14.1. The summed E-state index contributed by atoms with van der Waals surface area (Å²) >= 11 is 1.45. The van der Waals surface area contributed by atoms with E-state index in [0.717, 1.165) is 5.01 Å². The molecule has 4 nitrogen and oxygen atoms in total. The Morgan fingerprint density at radius 1 is 1.33 bits per heavy atom. The van der Waals surface area contributed by atoms with E-state index in [1.54, 1.807) is 18.2 Å². The first kappa shape index (κ1) is 13.9. The van der Waals surface area contributed by atoms with Gasteiger partial charge in [0.2, 0.25) is 11.8 Å². The summed E-state index contributed by atoms with van der Waals surface area (Å²) in [4.78, 5) is 28.3. The zero-order valence-corrected chi connectivity index (χ0v) is 12.1. The van der Waals surface area contributed by atoms with E-state index in [9.17, 15) is 14.0 Å². The topological polar surface area (TPSA) is 59.1 Å². The third kappa shape index (κ3) is 2.58. The predicted molar refractivity (Wildman–Crippen MR) is 76.5 cm³/mol. The van der Waals surface area contributed by atoms with Gasteiger partial charge in [0.1, 0.15) is 5.82 Å². The highest BCUT2D eigenvalue weighted by molar-refractivity contribution is 7.09. The number of halogens is 1. The molecule has 0 saturated carbocycles. The second kappa shape index (κ2) is 5.37. The van der Waals surface area contributed by atoms with Crippen molar-refractivity contribution < 1.29 is 14.0 Å². The number of piperidine rings is 1. The maximum absolute atomic E-state index is 14.1. The molecule has 1 aliphatic rings. The van der Waals surface area contributed by atoms with Gasteiger partial charge in [-0.3, -0.25) is 14.9 Å². The molecule has 2 aromatic rings. The molecule has 0 radical (unpaired) electrons. The number of hydrogen-bond acceptors (Lipinski definition) is 4. The maximum Gasteiger partial charge on any atom is 0.234 e. The SMILES string of the molecule is Cc1nc(C2CC(=O)NC(=O)C2c2ccccc2F)cs1. The summed E-state index contributed by atoms with van der Waals surface area (Å²) in [5.74, 6) is -2.40. The van der Waals surface area contributed by atoms with E-state index in [-0.39, 0.29) is 12.3 Å². The van der Waals surface area contributed by atoms with E-state index < -0.39 is 23.6 Å². The smallest absolute Gasteiger partial charge is 0.234 e. The summed E-state index contributed by atoms with van der Waals surface area (Å²) in [6.07, 6.45) is 0.133. The Labute approximate surface area is 125 Å². The van der Waals surface area contributed by atoms with E-state index in [1.807, 2.05) is 12.3 Å². The molecule has 1 aromatic heterocycles. The van der Waals surface area contributed by atoms with Crippen molar-refractivity contribution in [3.63, 3.8) is 0 Å². The van der Waals surface area contributed by atoms with Crippen LogP contribution in [0.3, 0.4) is 0 Å².